The first kappa shape index (κ1) is 26.0. The van der Waals surface area contributed by atoms with E-state index in [-0.39, 0.29) is 12.1 Å². The summed E-state index contributed by atoms with van der Waals surface area (Å²) in [6, 6.07) is 24.9. The number of aromatic nitrogens is 2. The number of halogens is 1. The van der Waals surface area contributed by atoms with Gasteiger partial charge in [-0.15, -0.1) is 0 Å². The van der Waals surface area contributed by atoms with Crippen molar-refractivity contribution in [2.75, 3.05) is 7.11 Å². The van der Waals surface area contributed by atoms with Gasteiger partial charge in [-0.25, -0.2) is 0 Å². The molecule has 4 rings (SSSR count). The van der Waals surface area contributed by atoms with E-state index < -0.39 is 5.92 Å². The van der Waals surface area contributed by atoms with Crippen LogP contribution in [0.15, 0.2) is 96.4 Å². The Balaban J connectivity index is 1.45. The molecule has 8 heteroatoms. The summed E-state index contributed by atoms with van der Waals surface area (Å²) in [6.07, 6.45) is 3.59. The third-order valence-corrected chi connectivity index (χ3v) is 6.14. The van der Waals surface area contributed by atoms with Crippen LogP contribution in [0.1, 0.15) is 35.3 Å². The highest BCUT2D eigenvalue weighted by molar-refractivity contribution is 6.30. The Kier molecular flexibility index (Phi) is 8.94. The van der Waals surface area contributed by atoms with Crippen LogP contribution in [-0.2, 0) is 27.4 Å². The number of methoxy groups -OCH3 is 1. The van der Waals surface area contributed by atoms with Gasteiger partial charge in [0.05, 0.1) is 19.0 Å². The number of oxime groups is 1. The van der Waals surface area contributed by atoms with Gasteiger partial charge in [-0.1, -0.05) is 71.4 Å². The van der Waals surface area contributed by atoms with E-state index in [1.165, 1.54) is 7.11 Å². The highest BCUT2D eigenvalue weighted by Gasteiger charge is 2.24. The van der Waals surface area contributed by atoms with Gasteiger partial charge in [0.2, 0.25) is 0 Å². The maximum atomic E-state index is 12.5. The average Bonchev–Trinajstić information content (AvgIpc) is 3.47. The minimum absolute atomic E-state index is 0.323. The molecule has 0 amide bonds. The molecule has 0 bridgehead atoms. The van der Waals surface area contributed by atoms with Crippen molar-refractivity contribution in [2.24, 2.45) is 11.1 Å². The Morgan fingerprint density at radius 3 is 2.35 bits per heavy atom. The third-order valence-electron chi connectivity index (χ3n) is 5.88. The standard InChI is InChI=1S/C29H28ClN3O4/c1-20(33-36-19-22-6-4-3-5-7-22)27(29(34)35-2)16-21-8-14-26(15-9-21)37-28(24-17-31-32-18-24)23-10-12-25(30)13-11-23/h3-15,17-18,27-28H,16,19H2,1-2H3,(H,31,32). The van der Waals surface area contributed by atoms with Gasteiger partial charge in [0.25, 0.3) is 0 Å². The van der Waals surface area contributed by atoms with Crippen molar-refractivity contribution < 1.29 is 19.1 Å². The van der Waals surface area contributed by atoms with Crippen molar-refractivity contribution in [3.05, 3.63) is 119 Å². The summed E-state index contributed by atoms with van der Waals surface area (Å²) in [4.78, 5) is 18.0. The number of benzene rings is 3. The number of rotatable bonds is 11. The molecule has 2 unspecified atom stereocenters. The van der Waals surface area contributed by atoms with E-state index in [0.29, 0.717) is 29.5 Å². The van der Waals surface area contributed by atoms with E-state index in [4.69, 9.17) is 25.9 Å². The van der Waals surface area contributed by atoms with Crippen LogP contribution in [0.4, 0.5) is 0 Å². The van der Waals surface area contributed by atoms with Crippen LogP contribution in [0.25, 0.3) is 0 Å². The average molecular weight is 518 g/mol. The topological polar surface area (TPSA) is 85.8 Å². The van der Waals surface area contributed by atoms with Gasteiger partial charge in [-0.2, -0.15) is 5.10 Å². The fourth-order valence-corrected chi connectivity index (χ4v) is 3.96. The molecule has 1 N–H and O–H groups in total. The smallest absolute Gasteiger partial charge is 0.314 e. The predicted octanol–water partition coefficient (Wildman–Crippen LogP) is 6.16. The molecule has 0 aliphatic heterocycles. The predicted molar refractivity (Wildman–Crippen MR) is 143 cm³/mol. The molecule has 0 saturated carbocycles. The Bertz CT molecular complexity index is 1290. The van der Waals surface area contributed by atoms with Gasteiger partial charge in [-0.3, -0.25) is 9.89 Å². The first-order chi connectivity index (χ1) is 18.0. The van der Waals surface area contributed by atoms with Crippen LogP contribution >= 0.6 is 11.6 Å². The van der Waals surface area contributed by atoms with Crippen molar-refractivity contribution in [3.63, 3.8) is 0 Å². The second-order valence-corrected chi connectivity index (χ2v) is 8.93. The quantitative estimate of drug-likeness (QED) is 0.146. The lowest BCUT2D eigenvalue weighted by Crippen LogP contribution is -2.26. The molecule has 0 aliphatic rings. The lowest BCUT2D eigenvalue weighted by Gasteiger charge is -2.19. The van der Waals surface area contributed by atoms with Crippen molar-refractivity contribution in [1.29, 1.82) is 0 Å². The van der Waals surface area contributed by atoms with Crippen molar-refractivity contribution in [1.82, 2.24) is 10.2 Å². The minimum Gasteiger partial charge on any atom is -0.481 e. The minimum atomic E-state index is -0.569. The van der Waals surface area contributed by atoms with Crippen LogP contribution < -0.4 is 4.74 Å². The molecular weight excluding hydrogens is 490 g/mol. The van der Waals surface area contributed by atoms with E-state index in [9.17, 15) is 4.79 Å². The summed E-state index contributed by atoms with van der Waals surface area (Å²) in [5, 5.41) is 11.7. The van der Waals surface area contributed by atoms with Crippen LogP contribution in [-0.4, -0.2) is 29.0 Å². The summed E-state index contributed by atoms with van der Waals surface area (Å²) in [5.74, 6) is -0.260. The summed E-state index contributed by atoms with van der Waals surface area (Å²) >= 11 is 6.06. The maximum Gasteiger partial charge on any atom is 0.314 e. The van der Waals surface area contributed by atoms with Crippen LogP contribution in [0.3, 0.4) is 0 Å². The normalized spacial score (nSPS) is 13.0. The summed E-state index contributed by atoms with van der Waals surface area (Å²) in [6.45, 7) is 2.09. The highest BCUT2D eigenvalue weighted by Crippen LogP contribution is 2.29. The van der Waals surface area contributed by atoms with Gasteiger partial charge in [0.15, 0.2) is 6.10 Å². The van der Waals surface area contributed by atoms with E-state index in [0.717, 1.165) is 22.3 Å². The van der Waals surface area contributed by atoms with Gasteiger partial charge in [0.1, 0.15) is 18.3 Å². The number of esters is 1. The molecule has 0 aliphatic carbocycles. The number of aromatic amines is 1. The Morgan fingerprint density at radius 1 is 0.973 bits per heavy atom. The zero-order valence-electron chi connectivity index (χ0n) is 20.6. The second kappa shape index (κ2) is 12.7. The molecule has 190 valence electrons. The van der Waals surface area contributed by atoms with Gasteiger partial charge >= 0.3 is 5.97 Å². The first-order valence-corrected chi connectivity index (χ1v) is 12.2. The fourth-order valence-electron chi connectivity index (χ4n) is 3.84. The van der Waals surface area contributed by atoms with Crippen molar-refractivity contribution in [2.45, 2.75) is 26.1 Å². The molecule has 1 aromatic heterocycles. The molecule has 7 nitrogen and oxygen atoms in total. The molecule has 0 radical (unpaired) electrons. The van der Waals surface area contributed by atoms with Crippen LogP contribution in [0.2, 0.25) is 5.02 Å². The molecule has 37 heavy (non-hydrogen) atoms. The Morgan fingerprint density at radius 2 is 1.70 bits per heavy atom. The molecule has 0 saturated heterocycles. The number of nitrogens with zero attached hydrogens (tertiary/aromatic N) is 2. The zero-order chi connectivity index (χ0) is 26.0. The van der Waals surface area contributed by atoms with Crippen LogP contribution in [0.5, 0.6) is 5.75 Å². The van der Waals surface area contributed by atoms with Crippen molar-refractivity contribution >= 4 is 23.3 Å². The number of nitrogens with one attached hydrogen (secondary N) is 1. The molecular formula is C29H28ClN3O4. The summed E-state index contributed by atoms with van der Waals surface area (Å²) < 4.78 is 11.3. The van der Waals surface area contributed by atoms with E-state index in [2.05, 4.69) is 15.4 Å². The third kappa shape index (κ3) is 7.21. The molecule has 1 heterocycles. The van der Waals surface area contributed by atoms with Gasteiger partial charge in [0, 0.05) is 16.8 Å². The lowest BCUT2D eigenvalue weighted by atomic mass is 9.95. The number of hydrogen-bond acceptors (Lipinski definition) is 6. The maximum absolute atomic E-state index is 12.5. The molecule has 3 aromatic carbocycles. The van der Waals surface area contributed by atoms with E-state index in [1.54, 1.807) is 19.3 Å². The summed E-state index contributed by atoms with van der Waals surface area (Å²) in [5.41, 5.74) is 4.32. The molecule has 0 spiro atoms. The Labute approximate surface area is 221 Å². The monoisotopic (exact) mass is 517 g/mol. The first-order valence-electron chi connectivity index (χ1n) is 11.8. The van der Waals surface area contributed by atoms with E-state index in [1.807, 2.05) is 78.9 Å². The van der Waals surface area contributed by atoms with Gasteiger partial charge < -0.3 is 14.3 Å². The van der Waals surface area contributed by atoms with Gasteiger partial charge in [-0.05, 0) is 54.3 Å². The molecule has 2 atom stereocenters. The number of H-pyrrole nitrogens is 1. The van der Waals surface area contributed by atoms with Crippen molar-refractivity contribution in [3.8, 4) is 5.75 Å². The lowest BCUT2D eigenvalue weighted by molar-refractivity contribution is -0.143. The summed E-state index contributed by atoms with van der Waals surface area (Å²) in [7, 11) is 1.37. The Hall–Kier alpha value is -4.10. The number of ether oxygens (including phenoxy) is 2. The zero-order valence-corrected chi connectivity index (χ0v) is 21.4. The number of carbonyl (C=O) groups excluding carboxylic acids is 1. The molecule has 0 fully saturated rings. The fraction of sp³-hybridized carbons (Fsp3) is 0.207. The number of carbonyl (C=O) groups is 1. The largest absolute Gasteiger partial charge is 0.481 e. The second-order valence-electron chi connectivity index (χ2n) is 8.50. The number of hydrogen-bond donors (Lipinski definition) is 1. The highest BCUT2D eigenvalue weighted by atomic mass is 35.5. The SMILES string of the molecule is COC(=O)C(Cc1ccc(OC(c2ccc(Cl)cc2)c2cn[nH]c2)cc1)C(C)=NOCc1ccccc1. The molecule has 4 aromatic rings. The van der Waals surface area contributed by atoms with E-state index >= 15 is 0 Å². The van der Waals surface area contributed by atoms with Crippen LogP contribution in [0, 0.1) is 5.92 Å².